The number of nitrogens with zero attached hydrogens (tertiary/aromatic N) is 2. The predicted octanol–water partition coefficient (Wildman–Crippen LogP) is 0.444. The Hall–Kier alpha value is -0.920. The highest BCUT2D eigenvalue weighted by atomic mass is 32.2. The van der Waals surface area contributed by atoms with Crippen LogP contribution in [-0.4, -0.2) is 50.0 Å². The van der Waals surface area contributed by atoms with Gasteiger partial charge in [0.2, 0.25) is 0 Å². The third kappa shape index (κ3) is 6.70. The van der Waals surface area contributed by atoms with Gasteiger partial charge in [-0.15, -0.1) is 0 Å². The molecule has 0 aromatic carbocycles. The maximum absolute atomic E-state index is 11.3. The molecular weight excluding hydrogens is 266 g/mol. The summed E-state index contributed by atoms with van der Waals surface area (Å²) in [5.74, 6) is 0.436. The lowest BCUT2D eigenvalue weighted by atomic mass is 10.3. The number of hydrogen-bond donors (Lipinski definition) is 1. The topological polar surface area (TPSA) is 73.2 Å². The molecule has 0 fully saturated rings. The molecule has 1 aromatic rings. The summed E-state index contributed by atoms with van der Waals surface area (Å²) in [6.07, 6.45) is 4.35. The predicted molar refractivity (Wildman–Crippen MR) is 74.8 cm³/mol. The van der Waals surface area contributed by atoms with Gasteiger partial charge in [-0.25, -0.2) is 8.42 Å². The Morgan fingerprint density at radius 1 is 1.47 bits per heavy atom. The Labute approximate surface area is 115 Å². The molecule has 0 aliphatic carbocycles. The van der Waals surface area contributed by atoms with E-state index in [4.69, 9.17) is 4.74 Å². The zero-order valence-corrected chi connectivity index (χ0v) is 12.4. The first-order valence-electron chi connectivity index (χ1n) is 6.49. The van der Waals surface area contributed by atoms with E-state index in [1.807, 2.05) is 6.20 Å². The highest BCUT2D eigenvalue weighted by Gasteiger charge is 2.07. The van der Waals surface area contributed by atoms with Crippen LogP contribution in [0.4, 0.5) is 0 Å². The molecule has 1 heterocycles. The van der Waals surface area contributed by atoms with Gasteiger partial charge < -0.3 is 10.1 Å². The van der Waals surface area contributed by atoms with Crippen LogP contribution in [0.15, 0.2) is 12.4 Å². The van der Waals surface area contributed by atoms with Crippen LogP contribution in [0.1, 0.15) is 18.9 Å². The lowest BCUT2D eigenvalue weighted by Crippen LogP contribution is -2.18. The molecule has 0 radical (unpaired) electrons. The lowest BCUT2D eigenvalue weighted by Gasteiger charge is -2.02. The van der Waals surface area contributed by atoms with Crippen molar-refractivity contribution in [1.82, 2.24) is 15.1 Å². The van der Waals surface area contributed by atoms with E-state index in [0.717, 1.165) is 18.7 Å². The molecule has 19 heavy (non-hydrogen) atoms. The van der Waals surface area contributed by atoms with Crippen molar-refractivity contribution in [2.45, 2.75) is 26.4 Å². The Balaban J connectivity index is 2.27. The number of sulfone groups is 1. The molecular formula is C12H23N3O3S. The molecule has 6 nitrogen and oxygen atoms in total. The largest absolute Gasteiger partial charge is 0.383 e. The normalized spacial score (nSPS) is 11.9. The molecule has 0 bridgehead atoms. The van der Waals surface area contributed by atoms with E-state index < -0.39 is 9.84 Å². The van der Waals surface area contributed by atoms with Crippen molar-refractivity contribution in [3.8, 4) is 0 Å². The molecule has 1 aromatic heterocycles. The van der Waals surface area contributed by atoms with Gasteiger partial charge in [-0.2, -0.15) is 5.10 Å². The molecule has 0 aliphatic rings. The summed E-state index contributed by atoms with van der Waals surface area (Å²) in [5, 5.41) is 7.44. The quantitative estimate of drug-likeness (QED) is 0.633. The molecule has 0 amide bonds. The first-order chi connectivity index (χ1) is 9.07. The van der Waals surface area contributed by atoms with Crippen molar-refractivity contribution in [2.24, 2.45) is 0 Å². The Kier molecular flexibility index (Phi) is 7.04. The van der Waals surface area contributed by atoms with Crippen molar-refractivity contribution in [3.63, 3.8) is 0 Å². The van der Waals surface area contributed by atoms with E-state index >= 15 is 0 Å². The van der Waals surface area contributed by atoms with Gasteiger partial charge in [0, 0.05) is 44.3 Å². The Bertz CT molecular complexity index is 457. The second kappa shape index (κ2) is 8.29. The minimum atomic E-state index is -2.87. The summed E-state index contributed by atoms with van der Waals surface area (Å²) in [7, 11) is -1.20. The zero-order valence-electron chi connectivity index (χ0n) is 11.6. The van der Waals surface area contributed by atoms with Crippen molar-refractivity contribution in [2.75, 3.05) is 31.8 Å². The SMILES string of the molecule is CCS(=O)(=O)CCCn1cc(CNCCOC)cn1. The van der Waals surface area contributed by atoms with E-state index in [-0.39, 0.29) is 11.5 Å². The molecule has 0 spiro atoms. The number of hydrogen-bond acceptors (Lipinski definition) is 5. The molecule has 1 rings (SSSR count). The Morgan fingerprint density at radius 2 is 2.26 bits per heavy atom. The monoisotopic (exact) mass is 289 g/mol. The molecule has 0 atom stereocenters. The van der Waals surface area contributed by atoms with Gasteiger partial charge >= 0.3 is 0 Å². The van der Waals surface area contributed by atoms with Gasteiger partial charge in [0.1, 0.15) is 9.84 Å². The number of nitrogens with one attached hydrogen (secondary N) is 1. The van der Waals surface area contributed by atoms with Crippen molar-refractivity contribution < 1.29 is 13.2 Å². The number of rotatable bonds is 10. The van der Waals surface area contributed by atoms with Gasteiger partial charge in [0.15, 0.2) is 0 Å². The van der Waals surface area contributed by atoms with Crippen LogP contribution in [0.25, 0.3) is 0 Å². The third-order valence-electron chi connectivity index (χ3n) is 2.78. The molecule has 0 aliphatic heterocycles. The van der Waals surface area contributed by atoms with E-state index in [1.165, 1.54) is 0 Å². The molecule has 0 saturated heterocycles. The average Bonchev–Trinajstić information content (AvgIpc) is 2.82. The molecule has 1 N–H and O–H groups in total. The van der Waals surface area contributed by atoms with E-state index in [0.29, 0.717) is 19.6 Å². The smallest absolute Gasteiger partial charge is 0.150 e. The van der Waals surface area contributed by atoms with Gasteiger partial charge in [0.05, 0.1) is 18.6 Å². The zero-order chi connectivity index (χ0) is 14.1. The van der Waals surface area contributed by atoms with Crippen LogP contribution in [0, 0.1) is 0 Å². The Morgan fingerprint density at radius 3 is 2.95 bits per heavy atom. The van der Waals surface area contributed by atoms with Crippen LogP contribution >= 0.6 is 0 Å². The standard InChI is InChI=1S/C12H23N3O3S/c1-3-19(16,17)8-4-6-15-11-12(10-14-15)9-13-5-7-18-2/h10-11,13H,3-9H2,1-2H3. The fourth-order valence-electron chi connectivity index (χ4n) is 1.62. The maximum atomic E-state index is 11.3. The van der Waals surface area contributed by atoms with Crippen molar-refractivity contribution in [1.29, 1.82) is 0 Å². The maximum Gasteiger partial charge on any atom is 0.150 e. The minimum absolute atomic E-state index is 0.209. The fourth-order valence-corrected chi connectivity index (χ4v) is 2.48. The number of methoxy groups -OCH3 is 1. The fraction of sp³-hybridized carbons (Fsp3) is 0.750. The summed E-state index contributed by atoms with van der Waals surface area (Å²) in [6.45, 7) is 4.54. The lowest BCUT2D eigenvalue weighted by molar-refractivity contribution is 0.199. The van der Waals surface area contributed by atoms with Gasteiger partial charge in [-0.3, -0.25) is 4.68 Å². The number of aryl methyl sites for hydroxylation is 1. The highest BCUT2D eigenvalue weighted by molar-refractivity contribution is 7.91. The number of ether oxygens (including phenoxy) is 1. The van der Waals surface area contributed by atoms with Gasteiger partial charge in [-0.1, -0.05) is 6.92 Å². The summed E-state index contributed by atoms with van der Waals surface area (Å²) >= 11 is 0. The number of aromatic nitrogens is 2. The minimum Gasteiger partial charge on any atom is -0.383 e. The highest BCUT2D eigenvalue weighted by Crippen LogP contribution is 2.00. The van der Waals surface area contributed by atoms with Crippen LogP contribution in [0.3, 0.4) is 0 Å². The summed E-state index contributed by atoms with van der Waals surface area (Å²) in [6, 6.07) is 0. The first-order valence-corrected chi connectivity index (χ1v) is 8.31. The molecule has 0 saturated carbocycles. The summed E-state index contributed by atoms with van der Waals surface area (Å²) < 4.78 is 29.4. The van der Waals surface area contributed by atoms with Crippen LogP contribution in [0.5, 0.6) is 0 Å². The van der Waals surface area contributed by atoms with E-state index in [2.05, 4.69) is 10.4 Å². The van der Waals surface area contributed by atoms with E-state index in [9.17, 15) is 8.42 Å². The van der Waals surface area contributed by atoms with Gasteiger partial charge in [0.25, 0.3) is 0 Å². The third-order valence-corrected chi connectivity index (χ3v) is 4.57. The van der Waals surface area contributed by atoms with Crippen molar-refractivity contribution in [3.05, 3.63) is 18.0 Å². The summed E-state index contributed by atoms with van der Waals surface area (Å²) in [4.78, 5) is 0. The second-order valence-corrected chi connectivity index (χ2v) is 6.84. The van der Waals surface area contributed by atoms with Crippen LogP contribution in [-0.2, 0) is 27.7 Å². The van der Waals surface area contributed by atoms with E-state index in [1.54, 1.807) is 24.9 Å². The molecule has 0 unspecified atom stereocenters. The second-order valence-electron chi connectivity index (χ2n) is 4.37. The molecule has 7 heteroatoms. The molecule has 110 valence electrons. The first kappa shape index (κ1) is 16.1. The van der Waals surface area contributed by atoms with Crippen LogP contribution < -0.4 is 5.32 Å². The summed E-state index contributed by atoms with van der Waals surface area (Å²) in [5.41, 5.74) is 1.09. The van der Waals surface area contributed by atoms with Crippen molar-refractivity contribution >= 4 is 9.84 Å². The van der Waals surface area contributed by atoms with Crippen LogP contribution in [0.2, 0.25) is 0 Å². The van der Waals surface area contributed by atoms with Gasteiger partial charge in [-0.05, 0) is 6.42 Å². The average molecular weight is 289 g/mol.